The van der Waals surface area contributed by atoms with Crippen molar-refractivity contribution in [3.8, 4) is 0 Å². The molecule has 25 heavy (non-hydrogen) atoms. The number of ether oxygens (including phenoxy) is 1. The van der Waals surface area contributed by atoms with E-state index in [-0.39, 0.29) is 18.0 Å². The number of nitrogens with one attached hydrogen (secondary N) is 1. The number of carbonyl (C=O) groups is 1. The molecule has 8 heteroatoms. The monoisotopic (exact) mass is 360 g/mol. The Morgan fingerprint density at radius 3 is 3.12 bits per heavy atom. The van der Waals surface area contributed by atoms with Crippen molar-refractivity contribution in [1.82, 2.24) is 19.5 Å². The number of aryl methyl sites for hydroxylation is 1. The minimum absolute atomic E-state index is 0.112. The second-order valence-electron chi connectivity index (χ2n) is 5.56. The predicted octanol–water partition coefficient (Wildman–Crippen LogP) is 1.94. The maximum Gasteiger partial charge on any atom is 0.291 e. The molecule has 132 valence electrons. The van der Waals surface area contributed by atoms with Crippen LogP contribution in [-0.4, -0.2) is 33.2 Å². The number of rotatable bonds is 8. The van der Waals surface area contributed by atoms with Crippen LogP contribution in [-0.2, 0) is 22.5 Å². The lowest BCUT2D eigenvalue weighted by Crippen LogP contribution is -2.36. The number of fused-ring (bicyclic) bond motifs is 3. The minimum Gasteiger partial charge on any atom is -0.500 e. The molecule has 0 saturated heterocycles. The van der Waals surface area contributed by atoms with Crippen LogP contribution in [0.5, 0.6) is 0 Å². The average Bonchev–Trinajstić information content (AvgIpc) is 3.17. The number of hydrogen-bond acceptors (Lipinski definition) is 5. The van der Waals surface area contributed by atoms with Gasteiger partial charge in [0.05, 0.1) is 12.8 Å². The largest absolute Gasteiger partial charge is 0.500 e. The van der Waals surface area contributed by atoms with Gasteiger partial charge in [0.25, 0.3) is 5.56 Å². The molecule has 0 aromatic carbocycles. The Labute approximate surface area is 148 Å². The third-order valence-corrected chi connectivity index (χ3v) is 4.70. The molecule has 3 aromatic heterocycles. The lowest BCUT2D eigenvalue weighted by Gasteiger charge is -2.10. The van der Waals surface area contributed by atoms with E-state index in [1.165, 1.54) is 10.9 Å². The molecule has 0 aliphatic carbocycles. The van der Waals surface area contributed by atoms with Crippen molar-refractivity contribution in [2.45, 2.75) is 26.3 Å². The summed E-state index contributed by atoms with van der Waals surface area (Å²) in [5.41, 5.74) is 0.295. The zero-order valence-electron chi connectivity index (χ0n) is 14.0. The Kier molecular flexibility index (Phi) is 5.18. The highest BCUT2D eigenvalue weighted by Crippen LogP contribution is 2.24. The first-order valence-corrected chi connectivity index (χ1v) is 9.01. The van der Waals surface area contributed by atoms with E-state index in [1.54, 1.807) is 11.3 Å². The molecule has 1 N–H and O–H groups in total. The molecule has 0 bridgehead atoms. The topological polar surface area (TPSA) is 77.6 Å². The highest BCUT2D eigenvalue weighted by atomic mass is 32.1. The smallest absolute Gasteiger partial charge is 0.291 e. The second-order valence-corrected chi connectivity index (χ2v) is 6.46. The van der Waals surface area contributed by atoms with Gasteiger partial charge in [0.15, 0.2) is 0 Å². The third-order valence-electron chi connectivity index (χ3n) is 3.79. The van der Waals surface area contributed by atoms with Crippen LogP contribution in [0.2, 0.25) is 0 Å². The van der Waals surface area contributed by atoms with Crippen molar-refractivity contribution in [2.24, 2.45) is 0 Å². The molecule has 7 nitrogen and oxygen atoms in total. The van der Waals surface area contributed by atoms with E-state index < -0.39 is 0 Å². The molecule has 0 unspecified atom stereocenters. The fourth-order valence-corrected chi connectivity index (χ4v) is 3.63. The van der Waals surface area contributed by atoms with Gasteiger partial charge in [-0.1, -0.05) is 13.5 Å². The van der Waals surface area contributed by atoms with Crippen LogP contribution in [0.4, 0.5) is 0 Å². The first-order chi connectivity index (χ1) is 12.2. The van der Waals surface area contributed by atoms with Crippen LogP contribution >= 0.6 is 11.3 Å². The quantitative estimate of drug-likeness (QED) is 0.492. The zero-order chi connectivity index (χ0) is 17.8. The molecular formula is C17H20N4O3S. The van der Waals surface area contributed by atoms with Crippen LogP contribution in [0, 0.1) is 0 Å². The second kappa shape index (κ2) is 7.52. The van der Waals surface area contributed by atoms with Crippen molar-refractivity contribution < 1.29 is 9.53 Å². The number of carbonyl (C=O) groups excluding carboxylic acids is 1. The first-order valence-electron chi connectivity index (χ1n) is 8.13. The number of nitrogens with zero attached hydrogens (tertiary/aromatic N) is 3. The summed E-state index contributed by atoms with van der Waals surface area (Å²) in [5.74, 6) is 0.514. The van der Waals surface area contributed by atoms with Crippen molar-refractivity contribution in [2.75, 3.05) is 13.2 Å². The fourth-order valence-electron chi connectivity index (χ4n) is 2.72. The molecule has 0 aliphatic rings. The normalized spacial score (nSPS) is 11.1. The summed E-state index contributed by atoms with van der Waals surface area (Å²) in [6.45, 7) is 6.07. The van der Waals surface area contributed by atoms with Crippen LogP contribution in [0.1, 0.15) is 19.2 Å². The van der Waals surface area contributed by atoms with Gasteiger partial charge in [-0.3, -0.25) is 14.0 Å². The lowest BCUT2D eigenvalue weighted by atomic mass is 10.3. The summed E-state index contributed by atoms with van der Waals surface area (Å²) in [5, 5.41) is 10.2. The summed E-state index contributed by atoms with van der Waals surface area (Å²) >= 11 is 1.58. The maximum atomic E-state index is 12.7. The summed E-state index contributed by atoms with van der Waals surface area (Å²) in [6, 6.07) is 3.85. The van der Waals surface area contributed by atoms with E-state index in [2.05, 4.69) is 23.9 Å². The molecule has 0 atom stereocenters. The number of amides is 1. The van der Waals surface area contributed by atoms with Gasteiger partial charge in [-0.2, -0.15) is 5.10 Å². The molecule has 0 aliphatic heterocycles. The Bertz CT molecular complexity index is 969. The summed E-state index contributed by atoms with van der Waals surface area (Å²) in [6.07, 6.45) is 2.95. The summed E-state index contributed by atoms with van der Waals surface area (Å²) in [4.78, 5) is 25.8. The first kappa shape index (κ1) is 17.2. The Morgan fingerprint density at radius 2 is 2.36 bits per heavy atom. The van der Waals surface area contributed by atoms with E-state index in [9.17, 15) is 9.59 Å². The van der Waals surface area contributed by atoms with E-state index in [0.717, 1.165) is 28.9 Å². The SMILES string of the molecule is C=COCCNC(=O)Cn1nc(CCC)n2c(cc3ccsc32)c1=O. The van der Waals surface area contributed by atoms with Crippen LogP contribution in [0.15, 0.2) is 35.1 Å². The highest BCUT2D eigenvalue weighted by molar-refractivity contribution is 7.16. The van der Waals surface area contributed by atoms with E-state index in [0.29, 0.717) is 18.7 Å². The van der Waals surface area contributed by atoms with Crippen molar-refractivity contribution in [3.63, 3.8) is 0 Å². The molecule has 0 spiro atoms. The van der Waals surface area contributed by atoms with Gasteiger partial charge in [-0.15, -0.1) is 11.3 Å². The molecule has 1 amide bonds. The number of aromatic nitrogens is 3. The van der Waals surface area contributed by atoms with Crippen LogP contribution in [0.25, 0.3) is 15.7 Å². The van der Waals surface area contributed by atoms with Crippen molar-refractivity contribution in [3.05, 3.63) is 46.5 Å². The van der Waals surface area contributed by atoms with E-state index in [4.69, 9.17) is 4.74 Å². The van der Waals surface area contributed by atoms with Crippen molar-refractivity contribution >= 4 is 33.0 Å². The average molecular weight is 360 g/mol. The third kappa shape index (κ3) is 3.43. The molecule has 3 rings (SSSR count). The van der Waals surface area contributed by atoms with Crippen molar-refractivity contribution in [1.29, 1.82) is 0 Å². The fraction of sp³-hybridized carbons (Fsp3) is 0.353. The Morgan fingerprint density at radius 1 is 1.52 bits per heavy atom. The predicted molar refractivity (Wildman–Crippen MR) is 98.0 cm³/mol. The van der Waals surface area contributed by atoms with Gasteiger partial charge in [-0.05, 0) is 23.9 Å². The lowest BCUT2D eigenvalue weighted by molar-refractivity contribution is -0.122. The summed E-state index contributed by atoms with van der Waals surface area (Å²) in [7, 11) is 0. The van der Waals surface area contributed by atoms with Gasteiger partial charge in [-0.25, -0.2) is 4.68 Å². The molecule has 3 heterocycles. The standard InChI is InChI=1S/C17H20N4O3S/c1-3-5-14-19-20(11-15(22)18-7-8-24-4-2)16(23)13-10-12-6-9-25-17(12)21(13)14/h4,6,9-10H,2-3,5,7-8,11H2,1H3,(H,18,22). The molecule has 0 fully saturated rings. The van der Waals surface area contributed by atoms with Gasteiger partial charge < -0.3 is 10.1 Å². The molecular weight excluding hydrogens is 340 g/mol. The van der Waals surface area contributed by atoms with Gasteiger partial charge in [0, 0.05) is 11.8 Å². The molecule has 0 radical (unpaired) electrons. The number of thiophene rings is 1. The molecule has 3 aromatic rings. The minimum atomic E-state index is -0.276. The van der Waals surface area contributed by atoms with Crippen LogP contribution in [0.3, 0.4) is 0 Å². The Hall–Kier alpha value is -2.61. The van der Waals surface area contributed by atoms with Crippen LogP contribution < -0.4 is 10.9 Å². The van der Waals surface area contributed by atoms with Gasteiger partial charge in [0.2, 0.25) is 5.91 Å². The van der Waals surface area contributed by atoms with Gasteiger partial charge in [0.1, 0.15) is 29.3 Å². The van der Waals surface area contributed by atoms with E-state index in [1.807, 2.05) is 21.9 Å². The molecule has 0 saturated carbocycles. The highest BCUT2D eigenvalue weighted by Gasteiger charge is 2.16. The van der Waals surface area contributed by atoms with Gasteiger partial charge >= 0.3 is 0 Å². The zero-order valence-corrected chi connectivity index (χ0v) is 14.8. The Balaban J connectivity index is 1.93. The van der Waals surface area contributed by atoms with E-state index >= 15 is 0 Å². The summed E-state index contributed by atoms with van der Waals surface area (Å²) < 4.78 is 8.11. The maximum absolute atomic E-state index is 12.7. The number of hydrogen-bond donors (Lipinski definition) is 1.